The van der Waals surface area contributed by atoms with E-state index in [4.69, 9.17) is 4.74 Å². The zero-order valence-corrected chi connectivity index (χ0v) is 13.1. The molecule has 0 radical (unpaired) electrons. The Morgan fingerprint density at radius 3 is 2.79 bits per heavy atom. The molecule has 1 unspecified atom stereocenters. The lowest BCUT2D eigenvalue weighted by Crippen LogP contribution is -2.23. The minimum atomic E-state index is -0.261. The third kappa shape index (κ3) is 2.99. The van der Waals surface area contributed by atoms with Crippen molar-refractivity contribution >= 4 is 27.3 Å². The highest BCUT2D eigenvalue weighted by molar-refractivity contribution is 9.10. The number of hydrogen-bond donors (Lipinski definition) is 1. The first-order valence-electron chi connectivity index (χ1n) is 5.96. The van der Waals surface area contributed by atoms with Crippen LogP contribution in [0.3, 0.4) is 0 Å². The van der Waals surface area contributed by atoms with Crippen molar-refractivity contribution in [1.29, 1.82) is 0 Å². The second-order valence-corrected chi connectivity index (χ2v) is 5.62. The molecule has 0 spiro atoms. The first kappa shape index (κ1) is 14.5. The molecular weight excluding hydrogens is 329 g/mol. The zero-order chi connectivity index (χ0) is 13.8. The molecule has 0 amide bonds. The van der Waals surface area contributed by atoms with Crippen LogP contribution >= 0.6 is 27.3 Å². The minimum Gasteiger partial charge on any atom is -0.496 e. The quantitative estimate of drug-likeness (QED) is 0.870. The molecule has 1 atom stereocenters. The van der Waals surface area contributed by atoms with E-state index in [0.29, 0.717) is 11.3 Å². The summed E-state index contributed by atoms with van der Waals surface area (Å²) in [5.74, 6) is 0.299. The van der Waals surface area contributed by atoms with Gasteiger partial charge in [0.1, 0.15) is 11.6 Å². The van der Waals surface area contributed by atoms with Crippen molar-refractivity contribution < 1.29 is 9.13 Å². The Bertz CT molecular complexity index is 558. The summed E-state index contributed by atoms with van der Waals surface area (Å²) in [4.78, 5) is 0. The molecule has 1 N–H and O–H groups in total. The number of hydrogen-bond acceptors (Lipinski definition) is 3. The van der Waals surface area contributed by atoms with E-state index in [-0.39, 0.29) is 11.9 Å². The van der Waals surface area contributed by atoms with E-state index in [1.807, 2.05) is 17.7 Å². The summed E-state index contributed by atoms with van der Waals surface area (Å²) in [6.07, 6.45) is 0. The fourth-order valence-electron chi connectivity index (χ4n) is 2.04. The molecule has 19 heavy (non-hydrogen) atoms. The predicted octanol–water partition coefficient (Wildman–Crippen LogP) is 4.36. The maximum Gasteiger partial charge on any atom is 0.132 e. The third-order valence-corrected chi connectivity index (χ3v) is 4.63. The lowest BCUT2D eigenvalue weighted by Gasteiger charge is -2.21. The number of methoxy groups -OCH3 is 1. The average molecular weight is 344 g/mol. The van der Waals surface area contributed by atoms with E-state index >= 15 is 0 Å². The molecule has 0 bridgehead atoms. The molecule has 0 saturated heterocycles. The fourth-order valence-corrected chi connectivity index (χ4v) is 3.60. The van der Waals surface area contributed by atoms with Crippen LogP contribution in [0.25, 0.3) is 0 Å². The summed E-state index contributed by atoms with van der Waals surface area (Å²) in [6, 6.07) is 4.68. The zero-order valence-electron chi connectivity index (χ0n) is 10.7. The Hall–Kier alpha value is -0.910. The van der Waals surface area contributed by atoms with E-state index in [0.717, 1.165) is 16.6 Å². The highest BCUT2D eigenvalue weighted by Gasteiger charge is 2.23. The molecule has 0 aliphatic heterocycles. The monoisotopic (exact) mass is 343 g/mol. The van der Waals surface area contributed by atoms with E-state index in [1.165, 1.54) is 6.07 Å². The Kier molecular flexibility index (Phi) is 4.96. The molecule has 2 rings (SSSR count). The second kappa shape index (κ2) is 6.50. The van der Waals surface area contributed by atoms with Crippen molar-refractivity contribution in [3.05, 3.63) is 50.4 Å². The van der Waals surface area contributed by atoms with Gasteiger partial charge in [-0.25, -0.2) is 4.39 Å². The molecule has 1 aromatic heterocycles. The summed E-state index contributed by atoms with van der Waals surface area (Å²) in [5, 5.41) is 7.32. The van der Waals surface area contributed by atoms with Crippen LogP contribution in [0.4, 0.5) is 4.39 Å². The topological polar surface area (TPSA) is 21.3 Å². The first-order valence-corrected chi connectivity index (χ1v) is 7.70. The number of ether oxygens (including phenoxy) is 1. The molecule has 1 aromatic carbocycles. The van der Waals surface area contributed by atoms with Gasteiger partial charge in [0.15, 0.2) is 0 Å². The van der Waals surface area contributed by atoms with Crippen LogP contribution in [0.5, 0.6) is 5.75 Å². The van der Waals surface area contributed by atoms with E-state index in [1.54, 1.807) is 30.6 Å². The molecule has 102 valence electrons. The van der Waals surface area contributed by atoms with Crippen molar-refractivity contribution in [2.45, 2.75) is 13.0 Å². The van der Waals surface area contributed by atoms with Crippen LogP contribution < -0.4 is 10.1 Å². The van der Waals surface area contributed by atoms with Crippen LogP contribution in [-0.2, 0) is 0 Å². The number of thiophene rings is 1. The molecule has 2 aromatic rings. The van der Waals surface area contributed by atoms with E-state index < -0.39 is 0 Å². The van der Waals surface area contributed by atoms with Gasteiger partial charge in [0.25, 0.3) is 0 Å². The van der Waals surface area contributed by atoms with Crippen LogP contribution in [0.2, 0.25) is 0 Å². The third-order valence-electron chi connectivity index (χ3n) is 2.88. The largest absolute Gasteiger partial charge is 0.496 e. The Morgan fingerprint density at radius 2 is 2.21 bits per heavy atom. The molecule has 0 saturated carbocycles. The predicted molar refractivity (Wildman–Crippen MR) is 80.5 cm³/mol. The Morgan fingerprint density at radius 1 is 1.42 bits per heavy atom. The highest BCUT2D eigenvalue weighted by atomic mass is 79.9. The number of halogens is 2. The van der Waals surface area contributed by atoms with Crippen molar-refractivity contribution in [3.8, 4) is 5.75 Å². The van der Waals surface area contributed by atoms with E-state index in [9.17, 15) is 4.39 Å². The van der Waals surface area contributed by atoms with Crippen molar-refractivity contribution in [1.82, 2.24) is 5.32 Å². The first-order chi connectivity index (χ1) is 9.19. The lowest BCUT2D eigenvalue weighted by molar-refractivity contribution is 0.397. The smallest absolute Gasteiger partial charge is 0.132 e. The second-order valence-electron chi connectivity index (χ2n) is 4.02. The number of benzene rings is 1. The lowest BCUT2D eigenvalue weighted by atomic mass is 9.99. The SMILES string of the molecule is CCNC(c1cscc1Br)c1c(F)cccc1OC. The van der Waals surface area contributed by atoms with Gasteiger partial charge in [-0.2, -0.15) is 11.3 Å². The van der Waals surface area contributed by atoms with Gasteiger partial charge < -0.3 is 10.1 Å². The van der Waals surface area contributed by atoms with Crippen molar-refractivity contribution in [3.63, 3.8) is 0 Å². The van der Waals surface area contributed by atoms with Gasteiger partial charge in [-0.15, -0.1) is 0 Å². The summed E-state index contributed by atoms with van der Waals surface area (Å²) >= 11 is 5.10. The van der Waals surface area contributed by atoms with Gasteiger partial charge >= 0.3 is 0 Å². The van der Waals surface area contributed by atoms with Crippen LogP contribution in [-0.4, -0.2) is 13.7 Å². The maximum absolute atomic E-state index is 14.2. The number of rotatable bonds is 5. The van der Waals surface area contributed by atoms with Crippen molar-refractivity contribution in [2.75, 3.05) is 13.7 Å². The molecule has 0 fully saturated rings. The van der Waals surface area contributed by atoms with Gasteiger partial charge in [0.05, 0.1) is 18.7 Å². The van der Waals surface area contributed by atoms with Crippen LogP contribution in [0, 0.1) is 5.82 Å². The summed E-state index contributed by atoms with van der Waals surface area (Å²) in [7, 11) is 1.56. The highest BCUT2D eigenvalue weighted by Crippen LogP contribution is 2.36. The molecular formula is C14H15BrFNOS. The van der Waals surface area contributed by atoms with Crippen LogP contribution in [0.1, 0.15) is 24.1 Å². The summed E-state index contributed by atoms with van der Waals surface area (Å²) < 4.78 is 20.5. The van der Waals surface area contributed by atoms with Gasteiger partial charge in [0.2, 0.25) is 0 Å². The maximum atomic E-state index is 14.2. The van der Waals surface area contributed by atoms with Crippen molar-refractivity contribution in [2.24, 2.45) is 0 Å². The summed E-state index contributed by atoms with van der Waals surface area (Å²) in [5.41, 5.74) is 1.57. The molecule has 1 heterocycles. The van der Waals surface area contributed by atoms with Crippen LogP contribution in [0.15, 0.2) is 33.4 Å². The van der Waals surface area contributed by atoms with Gasteiger partial charge in [-0.1, -0.05) is 13.0 Å². The Balaban J connectivity index is 2.54. The minimum absolute atomic E-state index is 0.221. The summed E-state index contributed by atoms with van der Waals surface area (Å²) in [6.45, 7) is 2.74. The molecule has 2 nitrogen and oxygen atoms in total. The number of nitrogens with one attached hydrogen (secondary N) is 1. The standard InChI is InChI=1S/C14H15BrFNOS/c1-3-17-14(9-7-19-8-10(9)15)13-11(16)5-4-6-12(13)18-2/h4-8,14,17H,3H2,1-2H3. The average Bonchev–Trinajstić information content (AvgIpc) is 2.82. The van der Waals surface area contributed by atoms with Gasteiger partial charge in [-0.05, 0) is 45.6 Å². The van der Waals surface area contributed by atoms with Gasteiger partial charge in [0, 0.05) is 9.85 Å². The fraction of sp³-hybridized carbons (Fsp3) is 0.286. The van der Waals surface area contributed by atoms with Gasteiger partial charge in [-0.3, -0.25) is 0 Å². The Labute approximate surface area is 124 Å². The van der Waals surface area contributed by atoms with E-state index in [2.05, 4.69) is 21.2 Å². The normalized spacial score (nSPS) is 12.4. The molecule has 0 aliphatic rings. The molecule has 5 heteroatoms. The molecule has 0 aliphatic carbocycles.